The van der Waals surface area contributed by atoms with Crippen molar-refractivity contribution >= 4 is 18.3 Å². The third-order valence-electron chi connectivity index (χ3n) is 5.59. The molecule has 0 aromatic heterocycles. The average Bonchev–Trinajstić information content (AvgIpc) is 2.48. The van der Waals surface area contributed by atoms with Gasteiger partial charge in [-0.05, 0) is 37.5 Å². The van der Waals surface area contributed by atoms with Crippen molar-refractivity contribution in [2.45, 2.75) is 71.3 Å². The SMILES string of the molecule is CC(N)C1CCN(C(=O)CC(C)C2CCCCC2)CC1.Cl. The molecule has 2 fully saturated rings. The number of hydrogen-bond donors (Lipinski definition) is 1. The van der Waals surface area contributed by atoms with Gasteiger partial charge in [0.25, 0.3) is 0 Å². The van der Waals surface area contributed by atoms with E-state index in [4.69, 9.17) is 5.73 Å². The van der Waals surface area contributed by atoms with Crippen LogP contribution in [-0.2, 0) is 4.79 Å². The lowest BCUT2D eigenvalue weighted by atomic mass is 9.79. The molecule has 1 saturated carbocycles. The second kappa shape index (κ2) is 8.99. The third kappa shape index (κ3) is 5.45. The zero-order valence-corrected chi connectivity index (χ0v) is 14.5. The Morgan fingerprint density at radius 2 is 1.62 bits per heavy atom. The topological polar surface area (TPSA) is 46.3 Å². The quantitative estimate of drug-likeness (QED) is 0.861. The van der Waals surface area contributed by atoms with E-state index in [9.17, 15) is 4.79 Å². The van der Waals surface area contributed by atoms with E-state index in [0.717, 1.165) is 38.3 Å². The molecule has 1 amide bonds. The average molecular weight is 317 g/mol. The molecular formula is C17H33ClN2O. The van der Waals surface area contributed by atoms with Crippen LogP contribution in [-0.4, -0.2) is 29.9 Å². The van der Waals surface area contributed by atoms with Crippen LogP contribution in [0.2, 0.25) is 0 Å². The molecule has 124 valence electrons. The number of halogens is 1. The number of rotatable bonds is 4. The number of amides is 1. The zero-order chi connectivity index (χ0) is 14.5. The molecule has 1 aliphatic carbocycles. The standard InChI is InChI=1S/C17H32N2O.ClH/c1-13(15-6-4-3-5-7-15)12-17(20)19-10-8-16(9-11-19)14(2)18;/h13-16H,3-12,18H2,1-2H3;1H. The van der Waals surface area contributed by atoms with Gasteiger partial charge in [0.2, 0.25) is 5.91 Å². The number of piperidine rings is 1. The van der Waals surface area contributed by atoms with E-state index < -0.39 is 0 Å². The second-order valence-corrected chi connectivity index (χ2v) is 7.16. The van der Waals surface area contributed by atoms with Gasteiger partial charge in [0.1, 0.15) is 0 Å². The van der Waals surface area contributed by atoms with Gasteiger partial charge < -0.3 is 10.6 Å². The van der Waals surface area contributed by atoms with Gasteiger partial charge in [0, 0.05) is 25.6 Å². The minimum Gasteiger partial charge on any atom is -0.343 e. The van der Waals surface area contributed by atoms with Crippen LogP contribution in [0.4, 0.5) is 0 Å². The summed E-state index contributed by atoms with van der Waals surface area (Å²) in [6, 6.07) is 0.272. The minimum atomic E-state index is 0. The zero-order valence-electron chi connectivity index (χ0n) is 13.7. The summed E-state index contributed by atoms with van der Waals surface area (Å²) in [5.74, 6) is 2.34. The molecule has 1 aliphatic heterocycles. The summed E-state index contributed by atoms with van der Waals surface area (Å²) >= 11 is 0. The van der Waals surface area contributed by atoms with Crippen LogP contribution in [0, 0.1) is 17.8 Å². The molecule has 2 unspecified atom stereocenters. The van der Waals surface area contributed by atoms with E-state index in [1.807, 2.05) is 0 Å². The summed E-state index contributed by atoms with van der Waals surface area (Å²) in [5, 5.41) is 0. The fourth-order valence-corrected chi connectivity index (χ4v) is 3.95. The highest BCUT2D eigenvalue weighted by Gasteiger charge is 2.27. The molecule has 0 radical (unpaired) electrons. The third-order valence-corrected chi connectivity index (χ3v) is 5.59. The number of hydrogen-bond acceptors (Lipinski definition) is 2. The van der Waals surface area contributed by atoms with Crippen molar-refractivity contribution in [3.8, 4) is 0 Å². The molecule has 2 aliphatic rings. The number of likely N-dealkylation sites (tertiary alicyclic amines) is 1. The molecule has 1 saturated heterocycles. The van der Waals surface area contributed by atoms with Crippen LogP contribution >= 0.6 is 12.4 Å². The molecule has 0 spiro atoms. The first-order chi connectivity index (χ1) is 9.58. The fourth-order valence-electron chi connectivity index (χ4n) is 3.95. The van der Waals surface area contributed by atoms with E-state index in [-0.39, 0.29) is 18.4 Å². The Balaban J connectivity index is 0.00000220. The van der Waals surface area contributed by atoms with Gasteiger partial charge in [-0.25, -0.2) is 0 Å². The molecule has 1 heterocycles. The lowest BCUT2D eigenvalue weighted by Gasteiger charge is -2.35. The largest absolute Gasteiger partial charge is 0.343 e. The van der Waals surface area contributed by atoms with Crippen molar-refractivity contribution in [2.24, 2.45) is 23.5 Å². The van der Waals surface area contributed by atoms with E-state index in [0.29, 0.717) is 17.7 Å². The van der Waals surface area contributed by atoms with Crippen molar-refractivity contribution < 1.29 is 4.79 Å². The van der Waals surface area contributed by atoms with Crippen molar-refractivity contribution in [3.05, 3.63) is 0 Å². The Hall–Kier alpha value is -0.280. The molecule has 2 atom stereocenters. The maximum atomic E-state index is 12.4. The minimum absolute atomic E-state index is 0. The Morgan fingerprint density at radius 3 is 2.14 bits per heavy atom. The Kier molecular flexibility index (Phi) is 8.04. The number of nitrogens with two attached hydrogens (primary N) is 1. The predicted molar refractivity (Wildman–Crippen MR) is 90.6 cm³/mol. The highest BCUT2D eigenvalue weighted by atomic mass is 35.5. The first kappa shape index (κ1) is 18.8. The van der Waals surface area contributed by atoms with Crippen molar-refractivity contribution in [1.82, 2.24) is 4.90 Å². The molecule has 3 nitrogen and oxygen atoms in total. The van der Waals surface area contributed by atoms with E-state index in [1.165, 1.54) is 32.1 Å². The molecule has 0 aromatic rings. The van der Waals surface area contributed by atoms with Gasteiger partial charge in [0.15, 0.2) is 0 Å². The maximum Gasteiger partial charge on any atom is 0.222 e. The van der Waals surface area contributed by atoms with E-state index >= 15 is 0 Å². The molecule has 21 heavy (non-hydrogen) atoms. The van der Waals surface area contributed by atoms with Crippen molar-refractivity contribution in [2.75, 3.05) is 13.1 Å². The van der Waals surface area contributed by atoms with Crippen LogP contribution in [0.3, 0.4) is 0 Å². The van der Waals surface area contributed by atoms with Gasteiger partial charge in [-0.2, -0.15) is 0 Å². The Morgan fingerprint density at radius 1 is 1.05 bits per heavy atom. The second-order valence-electron chi connectivity index (χ2n) is 7.16. The summed E-state index contributed by atoms with van der Waals surface area (Å²) in [5.41, 5.74) is 5.96. The van der Waals surface area contributed by atoms with Crippen LogP contribution in [0.25, 0.3) is 0 Å². The molecule has 2 N–H and O–H groups in total. The summed E-state index contributed by atoms with van der Waals surface area (Å²) in [6.45, 7) is 6.21. The summed E-state index contributed by atoms with van der Waals surface area (Å²) in [7, 11) is 0. The van der Waals surface area contributed by atoms with Crippen molar-refractivity contribution in [3.63, 3.8) is 0 Å². The van der Waals surface area contributed by atoms with Crippen LogP contribution < -0.4 is 5.73 Å². The number of carbonyl (C=O) groups excluding carboxylic acids is 1. The smallest absolute Gasteiger partial charge is 0.222 e. The first-order valence-corrected chi connectivity index (χ1v) is 8.61. The monoisotopic (exact) mass is 316 g/mol. The van der Waals surface area contributed by atoms with Crippen LogP contribution in [0.15, 0.2) is 0 Å². The van der Waals surface area contributed by atoms with E-state index in [1.54, 1.807) is 0 Å². The lowest BCUT2D eigenvalue weighted by molar-refractivity contribution is -0.134. The van der Waals surface area contributed by atoms with Gasteiger partial charge in [0.05, 0.1) is 0 Å². The normalized spacial score (nSPS) is 24.2. The molecule has 4 heteroatoms. The molecule has 0 bridgehead atoms. The Labute approximate surface area is 136 Å². The molecule has 0 aromatic carbocycles. The summed E-state index contributed by atoms with van der Waals surface area (Å²) in [4.78, 5) is 14.5. The van der Waals surface area contributed by atoms with Crippen LogP contribution in [0.1, 0.15) is 65.2 Å². The summed E-state index contributed by atoms with van der Waals surface area (Å²) in [6.07, 6.45) is 9.71. The summed E-state index contributed by atoms with van der Waals surface area (Å²) < 4.78 is 0. The Bertz CT molecular complexity index is 308. The lowest BCUT2D eigenvalue weighted by Crippen LogP contribution is -2.43. The highest BCUT2D eigenvalue weighted by Crippen LogP contribution is 2.32. The molecular weight excluding hydrogens is 284 g/mol. The molecule has 2 rings (SSSR count). The number of nitrogens with zero attached hydrogens (tertiary/aromatic N) is 1. The van der Waals surface area contributed by atoms with Gasteiger partial charge >= 0.3 is 0 Å². The fraction of sp³-hybridized carbons (Fsp3) is 0.941. The van der Waals surface area contributed by atoms with Gasteiger partial charge in [-0.15, -0.1) is 12.4 Å². The van der Waals surface area contributed by atoms with Crippen molar-refractivity contribution in [1.29, 1.82) is 0 Å². The van der Waals surface area contributed by atoms with E-state index in [2.05, 4.69) is 18.7 Å². The maximum absolute atomic E-state index is 12.4. The van der Waals surface area contributed by atoms with Crippen LogP contribution in [0.5, 0.6) is 0 Å². The highest BCUT2D eigenvalue weighted by molar-refractivity contribution is 5.85. The number of carbonyl (C=O) groups is 1. The first-order valence-electron chi connectivity index (χ1n) is 8.61. The predicted octanol–water partition coefficient (Wildman–Crippen LogP) is 3.60. The van der Waals surface area contributed by atoms with Gasteiger partial charge in [-0.1, -0.05) is 39.0 Å². The van der Waals surface area contributed by atoms with Gasteiger partial charge in [-0.3, -0.25) is 4.79 Å².